The highest BCUT2D eigenvalue weighted by Gasteiger charge is 2.31. The van der Waals surface area contributed by atoms with Crippen molar-refractivity contribution in [3.8, 4) is 0 Å². The van der Waals surface area contributed by atoms with E-state index < -0.39 is 0 Å². The molecule has 5 rings (SSSR count). The Morgan fingerprint density at radius 3 is 2.47 bits per heavy atom. The van der Waals surface area contributed by atoms with Gasteiger partial charge in [-0.2, -0.15) is 0 Å². The van der Waals surface area contributed by atoms with Crippen LogP contribution in [-0.4, -0.2) is 23.8 Å². The fourth-order valence-electron chi connectivity index (χ4n) is 3.88. The van der Waals surface area contributed by atoms with Gasteiger partial charge in [-0.25, -0.2) is 4.98 Å². The van der Waals surface area contributed by atoms with Crippen LogP contribution in [0.5, 0.6) is 0 Å². The van der Waals surface area contributed by atoms with Gasteiger partial charge >= 0.3 is 0 Å². The van der Waals surface area contributed by atoms with Crippen LogP contribution in [-0.2, 0) is 0 Å². The molecule has 146 valence electrons. The van der Waals surface area contributed by atoms with E-state index in [1.54, 1.807) is 36.2 Å². The van der Waals surface area contributed by atoms with Crippen molar-refractivity contribution in [1.82, 2.24) is 4.98 Å². The van der Waals surface area contributed by atoms with Crippen molar-refractivity contribution in [2.75, 3.05) is 22.6 Å². The first-order valence-corrected chi connectivity index (χ1v) is 9.51. The third kappa shape index (κ3) is 2.62. The molecule has 0 bridgehead atoms. The second-order valence-electron chi connectivity index (χ2n) is 7.15. The number of anilines is 4. The number of amides is 2. The zero-order chi connectivity index (χ0) is 20.8. The molecule has 0 spiro atoms. The molecule has 2 heterocycles. The molecule has 6 nitrogen and oxygen atoms in total. The van der Waals surface area contributed by atoms with Crippen LogP contribution in [0.1, 0.15) is 20.7 Å². The molecule has 4 aromatic rings. The minimum Gasteiger partial charge on any atom is -0.397 e. The predicted molar refractivity (Wildman–Crippen MR) is 118 cm³/mol. The average molecular weight is 394 g/mol. The Bertz CT molecular complexity index is 1310. The van der Waals surface area contributed by atoms with E-state index in [2.05, 4.69) is 4.98 Å². The van der Waals surface area contributed by atoms with E-state index in [-0.39, 0.29) is 11.8 Å². The maximum Gasteiger partial charge on any atom is 0.264 e. The van der Waals surface area contributed by atoms with Crippen molar-refractivity contribution in [3.63, 3.8) is 0 Å². The molecular formula is C24H18N4O2. The summed E-state index contributed by atoms with van der Waals surface area (Å²) < 4.78 is 0. The smallest absolute Gasteiger partial charge is 0.264 e. The van der Waals surface area contributed by atoms with Crippen LogP contribution in [0.25, 0.3) is 10.8 Å². The van der Waals surface area contributed by atoms with E-state index in [0.717, 1.165) is 16.5 Å². The normalized spacial score (nSPS) is 12.4. The molecule has 0 saturated carbocycles. The molecular weight excluding hydrogens is 376 g/mol. The summed E-state index contributed by atoms with van der Waals surface area (Å²) in [5.74, 6) is 0.120. The van der Waals surface area contributed by atoms with E-state index in [0.29, 0.717) is 28.3 Å². The van der Waals surface area contributed by atoms with E-state index in [9.17, 15) is 9.59 Å². The Kier molecular flexibility index (Phi) is 3.99. The first kappa shape index (κ1) is 17.9. The molecule has 0 aliphatic carbocycles. The summed E-state index contributed by atoms with van der Waals surface area (Å²) in [4.78, 5) is 33.4. The molecule has 1 aromatic heterocycles. The highest BCUT2D eigenvalue weighted by molar-refractivity contribution is 6.27. The Morgan fingerprint density at radius 2 is 1.73 bits per heavy atom. The lowest BCUT2D eigenvalue weighted by Gasteiger charge is -2.20. The standard InChI is InChI=1S/C24H18N4O2/c1-27(19-10-3-2-9-18(19)25)23(29)16-12-13-21(26-14-16)28-20-11-5-7-15-6-4-8-17(22(15)20)24(28)30/h2-14H,25H2,1H3. The zero-order valence-electron chi connectivity index (χ0n) is 16.2. The molecule has 30 heavy (non-hydrogen) atoms. The number of carbonyl (C=O) groups is 2. The van der Waals surface area contributed by atoms with E-state index >= 15 is 0 Å². The number of nitrogens with two attached hydrogens (primary N) is 1. The van der Waals surface area contributed by atoms with Crippen LogP contribution >= 0.6 is 0 Å². The SMILES string of the molecule is CN(C(=O)c1ccc(N2C(=O)c3cccc4cccc2c34)nc1)c1ccccc1N. The summed E-state index contributed by atoms with van der Waals surface area (Å²) in [6.07, 6.45) is 1.49. The van der Waals surface area contributed by atoms with Crippen molar-refractivity contribution in [2.45, 2.75) is 0 Å². The van der Waals surface area contributed by atoms with Gasteiger partial charge in [-0.15, -0.1) is 0 Å². The van der Waals surface area contributed by atoms with Crippen molar-refractivity contribution >= 4 is 45.5 Å². The van der Waals surface area contributed by atoms with Gasteiger partial charge in [-0.3, -0.25) is 14.5 Å². The van der Waals surface area contributed by atoms with Crippen LogP contribution in [0.4, 0.5) is 22.9 Å². The minimum absolute atomic E-state index is 0.123. The maximum atomic E-state index is 13.0. The summed E-state index contributed by atoms with van der Waals surface area (Å²) >= 11 is 0. The van der Waals surface area contributed by atoms with Crippen molar-refractivity contribution in [1.29, 1.82) is 0 Å². The Morgan fingerprint density at radius 1 is 0.967 bits per heavy atom. The van der Waals surface area contributed by atoms with Gasteiger partial charge in [-0.1, -0.05) is 36.4 Å². The lowest BCUT2D eigenvalue weighted by molar-refractivity contribution is 0.0990. The molecule has 1 aliphatic rings. The first-order chi connectivity index (χ1) is 14.6. The number of hydrogen-bond acceptors (Lipinski definition) is 4. The number of aromatic nitrogens is 1. The number of benzene rings is 3. The van der Waals surface area contributed by atoms with E-state index in [1.165, 1.54) is 11.1 Å². The van der Waals surface area contributed by atoms with Crippen LogP contribution < -0.4 is 15.5 Å². The Balaban J connectivity index is 1.48. The molecule has 0 saturated heterocycles. The lowest BCUT2D eigenvalue weighted by atomic mass is 10.1. The van der Waals surface area contributed by atoms with Gasteiger partial charge in [0.2, 0.25) is 0 Å². The summed E-state index contributed by atoms with van der Waals surface area (Å²) in [5, 5.41) is 1.93. The van der Waals surface area contributed by atoms with Gasteiger partial charge in [0.05, 0.1) is 28.2 Å². The van der Waals surface area contributed by atoms with Crippen molar-refractivity contribution in [3.05, 3.63) is 90.1 Å². The second-order valence-corrected chi connectivity index (χ2v) is 7.15. The highest BCUT2D eigenvalue weighted by Crippen LogP contribution is 2.40. The summed E-state index contributed by atoms with van der Waals surface area (Å²) in [5.41, 5.74) is 9.00. The van der Waals surface area contributed by atoms with Crippen molar-refractivity contribution in [2.24, 2.45) is 0 Å². The molecule has 0 fully saturated rings. The Labute approximate surface area is 173 Å². The van der Waals surface area contributed by atoms with Gasteiger partial charge < -0.3 is 10.6 Å². The molecule has 1 aliphatic heterocycles. The van der Waals surface area contributed by atoms with Gasteiger partial charge in [0.15, 0.2) is 0 Å². The number of carbonyl (C=O) groups excluding carboxylic acids is 2. The largest absolute Gasteiger partial charge is 0.397 e. The monoisotopic (exact) mass is 394 g/mol. The fourth-order valence-corrected chi connectivity index (χ4v) is 3.88. The number of rotatable bonds is 3. The molecule has 6 heteroatoms. The van der Waals surface area contributed by atoms with E-state index in [1.807, 2.05) is 48.5 Å². The number of nitrogens with zero attached hydrogens (tertiary/aromatic N) is 3. The average Bonchev–Trinajstić information content (AvgIpc) is 3.07. The first-order valence-electron chi connectivity index (χ1n) is 9.51. The molecule has 2 N–H and O–H groups in total. The molecule has 0 radical (unpaired) electrons. The van der Waals surface area contributed by atoms with Crippen LogP contribution in [0, 0.1) is 0 Å². The zero-order valence-corrected chi connectivity index (χ0v) is 16.2. The van der Waals surface area contributed by atoms with Crippen LogP contribution in [0.2, 0.25) is 0 Å². The number of nitrogen functional groups attached to an aromatic ring is 1. The fraction of sp³-hybridized carbons (Fsp3) is 0.0417. The summed E-state index contributed by atoms with van der Waals surface area (Å²) in [6, 6.07) is 22.1. The maximum absolute atomic E-state index is 13.0. The van der Waals surface area contributed by atoms with Crippen LogP contribution in [0.15, 0.2) is 79.0 Å². The molecule has 3 aromatic carbocycles. The molecule has 0 unspecified atom stereocenters. The van der Waals surface area contributed by atoms with Gasteiger partial charge in [0, 0.05) is 18.6 Å². The quantitative estimate of drug-likeness (QED) is 0.523. The predicted octanol–water partition coefficient (Wildman–Crippen LogP) is 4.39. The molecule has 2 amide bonds. The second kappa shape index (κ2) is 6.70. The van der Waals surface area contributed by atoms with Gasteiger partial charge in [-0.05, 0) is 41.8 Å². The number of pyridine rings is 1. The van der Waals surface area contributed by atoms with E-state index in [4.69, 9.17) is 5.73 Å². The lowest BCUT2D eigenvalue weighted by Crippen LogP contribution is -2.27. The highest BCUT2D eigenvalue weighted by atomic mass is 16.2. The van der Waals surface area contributed by atoms with Crippen LogP contribution in [0.3, 0.4) is 0 Å². The topological polar surface area (TPSA) is 79.5 Å². The Hall–Kier alpha value is -4.19. The van der Waals surface area contributed by atoms with Gasteiger partial charge in [0.25, 0.3) is 11.8 Å². The number of hydrogen-bond donors (Lipinski definition) is 1. The summed E-state index contributed by atoms with van der Waals surface area (Å²) in [6.45, 7) is 0. The van der Waals surface area contributed by atoms with Gasteiger partial charge in [0.1, 0.15) is 5.82 Å². The summed E-state index contributed by atoms with van der Waals surface area (Å²) in [7, 11) is 1.67. The molecule has 0 atom stereocenters. The third-order valence-corrected chi connectivity index (χ3v) is 5.38. The van der Waals surface area contributed by atoms with Crippen molar-refractivity contribution < 1.29 is 9.59 Å². The number of para-hydroxylation sites is 2. The third-order valence-electron chi connectivity index (χ3n) is 5.38. The minimum atomic E-state index is -0.231.